The molecule has 160 valence electrons. The van der Waals surface area contributed by atoms with Gasteiger partial charge in [0.15, 0.2) is 11.0 Å². The summed E-state index contributed by atoms with van der Waals surface area (Å²) in [5.41, 5.74) is 13.0. The number of halogens is 2. The van der Waals surface area contributed by atoms with Crippen LogP contribution in [0, 0.1) is 10.1 Å². The zero-order chi connectivity index (χ0) is 22.2. The van der Waals surface area contributed by atoms with Gasteiger partial charge in [0.2, 0.25) is 0 Å². The molecule has 0 spiro atoms. The van der Waals surface area contributed by atoms with E-state index in [0.29, 0.717) is 33.1 Å². The minimum atomic E-state index is -0.998. The van der Waals surface area contributed by atoms with Gasteiger partial charge in [0.25, 0.3) is 0 Å². The summed E-state index contributed by atoms with van der Waals surface area (Å²) in [6.45, 7) is 0. The molecule has 1 aliphatic heterocycles. The molecule has 9 nitrogen and oxygen atoms in total. The van der Waals surface area contributed by atoms with Crippen molar-refractivity contribution in [3.05, 3.63) is 80.5 Å². The smallest absolute Gasteiger partial charge is 0.308 e. The van der Waals surface area contributed by atoms with E-state index in [4.69, 9.17) is 39.7 Å². The van der Waals surface area contributed by atoms with Crippen LogP contribution in [-0.2, 0) is 0 Å². The molecule has 5 N–H and O–H groups in total. The van der Waals surface area contributed by atoms with Crippen molar-refractivity contribution >= 4 is 40.6 Å². The van der Waals surface area contributed by atoms with Crippen molar-refractivity contribution in [1.82, 2.24) is 19.7 Å². The molecule has 0 aliphatic carbocycles. The van der Waals surface area contributed by atoms with Gasteiger partial charge >= 0.3 is 5.70 Å². The lowest BCUT2D eigenvalue weighted by Gasteiger charge is -2.30. The highest BCUT2D eigenvalue weighted by atomic mass is 35.5. The van der Waals surface area contributed by atoms with Gasteiger partial charge in [-0.05, 0) is 30.7 Å². The lowest BCUT2D eigenvalue weighted by molar-refractivity contribution is -0.421. The Labute approximate surface area is 191 Å². The molecule has 1 atom stereocenters. The number of hydrogen-bond acceptors (Lipinski definition) is 8. The van der Waals surface area contributed by atoms with Gasteiger partial charge in [0.1, 0.15) is 11.3 Å². The SMILES string of the molecule is NC1=C([N+](=O)[O-])C=CC(N)(CCSc2nc(-c3ccc(Cl)cc3Cl)cc3nccn23)N1. The minimum absolute atomic E-state index is 0.0606. The highest BCUT2D eigenvalue weighted by molar-refractivity contribution is 7.99. The number of imidazole rings is 1. The Bertz CT molecular complexity index is 1240. The van der Waals surface area contributed by atoms with Crippen LogP contribution in [0.15, 0.2) is 65.5 Å². The van der Waals surface area contributed by atoms with Gasteiger partial charge in [-0.2, -0.15) is 0 Å². The van der Waals surface area contributed by atoms with Crippen LogP contribution in [-0.4, -0.2) is 30.7 Å². The van der Waals surface area contributed by atoms with Crippen LogP contribution >= 0.6 is 35.0 Å². The number of rotatable bonds is 6. The van der Waals surface area contributed by atoms with Crippen LogP contribution in [0.25, 0.3) is 16.9 Å². The molecule has 0 bridgehead atoms. The Hall–Kier alpha value is -2.79. The fourth-order valence-corrected chi connectivity index (χ4v) is 4.71. The molecule has 12 heteroatoms. The molecule has 4 rings (SSSR count). The van der Waals surface area contributed by atoms with Gasteiger partial charge in [0, 0.05) is 40.9 Å². The Balaban J connectivity index is 1.55. The highest BCUT2D eigenvalue weighted by Crippen LogP contribution is 2.32. The van der Waals surface area contributed by atoms with E-state index in [2.05, 4.69) is 10.3 Å². The Morgan fingerprint density at radius 3 is 2.84 bits per heavy atom. The third-order valence-electron chi connectivity index (χ3n) is 4.69. The quantitative estimate of drug-likeness (QED) is 0.212. The Morgan fingerprint density at radius 2 is 2.13 bits per heavy atom. The predicted molar refractivity (Wildman–Crippen MR) is 121 cm³/mol. The number of nitrogens with one attached hydrogen (secondary N) is 1. The molecular formula is C19H17Cl2N7O2S. The molecule has 0 saturated carbocycles. The third kappa shape index (κ3) is 4.47. The second kappa shape index (κ2) is 8.39. The maximum atomic E-state index is 11.0. The molecule has 0 amide bonds. The average Bonchev–Trinajstić information content (AvgIpc) is 3.16. The summed E-state index contributed by atoms with van der Waals surface area (Å²) in [5, 5.41) is 15.5. The second-order valence-electron chi connectivity index (χ2n) is 6.86. The van der Waals surface area contributed by atoms with E-state index in [1.54, 1.807) is 24.4 Å². The zero-order valence-electron chi connectivity index (χ0n) is 16.0. The van der Waals surface area contributed by atoms with Crippen molar-refractivity contribution in [2.24, 2.45) is 11.5 Å². The van der Waals surface area contributed by atoms with Crippen LogP contribution in [0.1, 0.15) is 6.42 Å². The van der Waals surface area contributed by atoms with Crippen LogP contribution in [0.2, 0.25) is 10.0 Å². The van der Waals surface area contributed by atoms with E-state index in [0.717, 1.165) is 11.2 Å². The first-order valence-electron chi connectivity index (χ1n) is 9.08. The van der Waals surface area contributed by atoms with E-state index in [1.807, 2.05) is 22.7 Å². The maximum Gasteiger partial charge on any atom is 0.308 e. The van der Waals surface area contributed by atoms with Gasteiger partial charge in [-0.1, -0.05) is 35.0 Å². The summed E-state index contributed by atoms with van der Waals surface area (Å²) in [5.74, 6) is 0.502. The van der Waals surface area contributed by atoms with Gasteiger partial charge in [-0.15, -0.1) is 0 Å². The number of hydrogen-bond donors (Lipinski definition) is 3. The standard InChI is InChI=1S/C19H17Cl2N7O2S/c20-11-1-2-12(13(21)9-11)14-10-16-24-6-7-27(16)18(25-14)31-8-5-19(23)4-3-15(28(29)30)17(22)26-19/h1-4,6-7,9-10,26H,5,8,22-23H2. The van der Waals surface area contributed by atoms with Gasteiger partial charge in [-0.25, -0.2) is 9.97 Å². The first-order valence-corrected chi connectivity index (χ1v) is 10.8. The minimum Gasteiger partial charge on any atom is -0.380 e. The molecule has 1 aliphatic rings. The topological polar surface area (TPSA) is 137 Å². The van der Waals surface area contributed by atoms with Crippen LogP contribution in [0.3, 0.4) is 0 Å². The van der Waals surface area contributed by atoms with Crippen LogP contribution in [0.4, 0.5) is 0 Å². The van der Waals surface area contributed by atoms with E-state index < -0.39 is 10.6 Å². The van der Waals surface area contributed by atoms with E-state index in [-0.39, 0.29) is 11.5 Å². The molecule has 0 radical (unpaired) electrons. The molecule has 1 aromatic carbocycles. The van der Waals surface area contributed by atoms with Crippen molar-refractivity contribution in [3.63, 3.8) is 0 Å². The summed E-state index contributed by atoms with van der Waals surface area (Å²) in [4.78, 5) is 19.5. The van der Waals surface area contributed by atoms with Crippen molar-refractivity contribution in [1.29, 1.82) is 0 Å². The summed E-state index contributed by atoms with van der Waals surface area (Å²) in [6.07, 6.45) is 6.83. The number of nitrogens with two attached hydrogens (primary N) is 2. The number of nitro groups is 1. The highest BCUT2D eigenvalue weighted by Gasteiger charge is 2.30. The number of aromatic nitrogens is 3. The number of nitrogens with zero attached hydrogens (tertiary/aromatic N) is 4. The fourth-order valence-electron chi connectivity index (χ4n) is 3.12. The molecule has 2 aromatic heterocycles. The second-order valence-corrected chi connectivity index (χ2v) is 8.76. The Kier molecular flexibility index (Phi) is 5.80. The first-order chi connectivity index (χ1) is 14.8. The number of fused-ring (bicyclic) bond motifs is 1. The lowest BCUT2D eigenvalue weighted by Crippen LogP contribution is -2.55. The molecular weight excluding hydrogens is 461 g/mol. The third-order valence-corrected chi connectivity index (χ3v) is 6.19. The molecule has 3 aromatic rings. The van der Waals surface area contributed by atoms with Crippen molar-refractivity contribution in [2.75, 3.05) is 5.75 Å². The average molecular weight is 478 g/mol. The molecule has 0 fully saturated rings. The largest absolute Gasteiger partial charge is 0.380 e. The van der Waals surface area contributed by atoms with Gasteiger partial charge in [0.05, 0.1) is 15.6 Å². The van der Waals surface area contributed by atoms with E-state index >= 15 is 0 Å². The maximum absolute atomic E-state index is 11.0. The van der Waals surface area contributed by atoms with E-state index in [1.165, 1.54) is 17.8 Å². The van der Waals surface area contributed by atoms with Gasteiger partial charge in [-0.3, -0.25) is 14.5 Å². The van der Waals surface area contributed by atoms with Crippen molar-refractivity contribution in [3.8, 4) is 11.3 Å². The molecule has 31 heavy (non-hydrogen) atoms. The number of benzene rings is 1. The van der Waals surface area contributed by atoms with Gasteiger partial charge < -0.3 is 16.8 Å². The summed E-state index contributed by atoms with van der Waals surface area (Å²) in [6, 6.07) is 7.08. The van der Waals surface area contributed by atoms with Crippen LogP contribution < -0.4 is 16.8 Å². The van der Waals surface area contributed by atoms with Crippen molar-refractivity contribution < 1.29 is 4.92 Å². The monoisotopic (exact) mass is 477 g/mol. The molecule has 3 heterocycles. The predicted octanol–water partition coefficient (Wildman–Crippen LogP) is 3.40. The zero-order valence-corrected chi connectivity index (χ0v) is 18.3. The summed E-state index contributed by atoms with van der Waals surface area (Å²) < 4.78 is 1.87. The fraction of sp³-hybridized carbons (Fsp3) is 0.158. The summed E-state index contributed by atoms with van der Waals surface area (Å²) >= 11 is 13.8. The van der Waals surface area contributed by atoms with Crippen molar-refractivity contribution in [2.45, 2.75) is 17.2 Å². The first kappa shape index (κ1) is 21.4. The molecule has 1 unspecified atom stereocenters. The normalized spacial score (nSPS) is 18.4. The van der Waals surface area contributed by atoms with E-state index in [9.17, 15) is 10.1 Å². The molecule has 0 saturated heterocycles. The number of thioether (sulfide) groups is 1. The lowest BCUT2D eigenvalue weighted by atomic mass is 10.0. The number of dihydropyridines is 1. The van der Waals surface area contributed by atoms with Crippen LogP contribution in [0.5, 0.6) is 0 Å². The number of allylic oxidation sites excluding steroid dienone is 1. The summed E-state index contributed by atoms with van der Waals surface area (Å²) in [7, 11) is 0. The Morgan fingerprint density at radius 1 is 1.32 bits per heavy atom.